The van der Waals surface area contributed by atoms with E-state index in [9.17, 15) is 9.59 Å². The van der Waals surface area contributed by atoms with E-state index in [1.807, 2.05) is 13.8 Å². The minimum Gasteiger partial charge on any atom is -0.300 e. The Labute approximate surface area is 78.2 Å². The van der Waals surface area contributed by atoms with Gasteiger partial charge in [0.2, 0.25) is 0 Å². The second-order valence-electron chi connectivity index (χ2n) is 3.02. The van der Waals surface area contributed by atoms with E-state index < -0.39 is 0 Å². The van der Waals surface area contributed by atoms with Crippen LogP contribution in [0.2, 0.25) is 0 Å². The molecule has 0 amide bonds. The van der Waals surface area contributed by atoms with Gasteiger partial charge in [0.15, 0.2) is 0 Å². The summed E-state index contributed by atoms with van der Waals surface area (Å²) in [6.45, 7) is 5.38. The summed E-state index contributed by atoms with van der Waals surface area (Å²) in [5, 5.41) is 0. The molecule has 0 saturated heterocycles. The van der Waals surface area contributed by atoms with E-state index in [1.165, 1.54) is 6.92 Å². The van der Waals surface area contributed by atoms with Gasteiger partial charge in [0.1, 0.15) is 11.6 Å². The Morgan fingerprint density at radius 2 is 1.73 bits per heavy atom. The first-order valence-corrected chi connectivity index (χ1v) is 3.53. The van der Waals surface area contributed by atoms with Gasteiger partial charge in [0.05, 0.1) is 6.42 Å². The van der Waals surface area contributed by atoms with E-state index in [2.05, 4.69) is 0 Å². The average molecular weight is 198 g/mol. The third-order valence-electron chi connectivity index (χ3n) is 1.08. The first-order chi connectivity index (χ1) is 4.52. The maximum Gasteiger partial charge on any atom is 0.140 e. The van der Waals surface area contributed by atoms with Gasteiger partial charge in [-0.2, -0.15) is 0 Å². The van der Waals surface area contributed by atoms with E-state index in [0.717, 1.165) is 0 Å². The Bertz CT molecular complexity index is 141. The standard InChI is InChI=1S/C8H14O2.Fe/c1-6(2)4-8(10)5-7(3)9;/h6H,4-5H2,1-3H3;. The minimum atomic E-state index is -0.0364. The van der Waals surface area contributed by atoms with Crippen molar-refractivity contribution in [2.24, 2.45) is 5.92 Å². The molecule has 0 fully saturated rings. The molecule has 0 aromatic rings. The zero-order valence-corrected chi connectivity index (χ0v) is 8.27. The summed E-state index contributed by atoms with van der Waals surface area (Å²) in [6, 6.07) is 0. The first-order valence-electron chi connectivity index (χ1n) is 3.53. The predicted octanol–water partition coefficient (Wildman–Crippen LogP) is 1.58. The maximum atomic E-state index is 10.8. The molecule has 0 aromatic carbocycles. The molecule has 2 nitrogen and oxygen atoms in total. The number of rotatable bonds is 4. The zero-order valence-electron chi connectivity index (χ0n) is 7.16. The van der Waals surface area contributed by atoms with E-state index in [1.54, 1.807) is 0 Å². The summed E-state index contributed by atoms with van der Waals surface area (Å²) >= 11 is 0. The summed E-state index contributed by atoms with van der Waals surface area (Å²) in [4.78, 5) is 21.3. The Balaban J connectivity index is 0. The molecule has 0 spiro atoms. The van der Waals surface area contributed by atoms with Crippen molar-refractivity contribution in [2.45, 2.75) is 33.6 Å². The Morgan fingerprint density at radius 1 is 1.27 bits per heavy atom. The molecule has 0 aromatic heterocycles. The predicted molar refractivity (Wildman–Crippen MR) is 39.8 cm³/mol. The molecule has 0 bridgehead atoms. The van der Waals surface area contributed by atoms with Crippen LogP contribution in [-0.2, 0) is 26.7 Å². The van der Waals surface area contributed by atoms with Crippen molar-refractivity contribution >= 4 is 11.6 Å². The van der Waals surface area contributed by atoms with Crippen molar-refractivity contribution < 1.29 is 26.7 Å². The van der Waals surface area contributed by atoms with Crippen molar-refractivity contribution in [3.05, 3.63) is 0 Å². The van der Waals surface area contributed by atoms with Crippen molar-refractivity contribution in [3.8, 4) is 0 Å². The van der Waals surface area contributed by atoms with Crippen molar-refractivity contribution in [1.29, 1.82) is 0 Å². The molecule has 0 aliphatic carbocycles. The topological polar surface area (TPSA) is 34.1 Å². The summed E-state index contributed by atoms with van der Waals surface area (Å²) in [7, 11) is 0. The van der Waals surface area contributed by atoms with Crippen LogP contribution in [-0.4, -0.2) is 11.6 Å². The van der Waals surface area contributed by atoms with Crippen molar-refractivity contribution in [2.75, 3.05) is 0 Å². The van der Waals surface area contributed by atoms with Crippen LogP contribution in [0, 0.1) is 5.92 Å². The van der Waals surface area contributed by atoms with Gasteiger partial charge in [-0.1, -0.05) is 13.8 Å². The van der Waals surface area contributed by atoms with Gasteiger partial charge in [0, 0.05) is 23.5 Å². The van der Waals surface area contributed by atoms with Gasteiger partial charge in [-0.15, -0.1) is 0 Å². The summed E-state index contributed by atoms with van der Waals surface area (Å²) in [6.07, 6.45) is 0.637. The van der Waals surface area contributed by atoms with Gasteiger partial charge in [-0.05, 0) is 12.8 Å². The fraction of sp³-hybridized carbons (Fsp3) is 0.750. The van der Waals surface area contributed by atoms with Gasteiger partial charge >= 0.3 is 0 Å². The molecule has 0 aliphatic rings. The molecule has 0 atom stereocenters. The molecule has 0 saturated carbocycles. The second kappa shape index (κ2) is 6.56. The third kappa shape index (κ3) is 9.86. The fourth-order valence-corrected chi connectivity index (χ4v) is 0.805. The van der Waals surface area contributed by atoms with Gasteiger partial charge in [-0.3, -0.25) is 9.59 Å². The van der Waals surface area contributed by atoms with Crippen molar-refractivity contribution in [3.63, 3.8) is 0 Å². The van der Waals surface area contributed by atoms with Gasteiger partial charge in [-0.25, -0.2) is 0 Å². The van der Waals surface area contributed by atoms with E-state index in [-0.39, 0.29) is 35.1 Å². The zero-order chi connectivity index (χ0) is 8.15. The number of carbonyl (C=O) groups excluding carboxylic acids is 2. The normalized spacial score (nSPS) is 9.09. The Kier molecular flexibility index (Phi) is 8.02. The Hall–Kier alpha value is -0.141. The van der Waals surface area contributed by atoms with Crippen molar-refractivity contribution in [1.82, 2.24) is 0 Å². The number of ketones is 2. The summed E-state index contributed by atoms with van der Waals surface area (Å²) < 4.78 is 0. The van der Waals surface area contributed by atoms with Crippen LogP contribution in [0.1, 0.15) is 33.6 Å². The largest absolute Gasteiger partial charge is 0.300 e. The number of Topliss-reactive ketones (excluding diaryl/α,β-unsaturated/α-hetero) is 2. The molecule has 0 radical (unpaired) electrons. The summed E-state index contributed by atoms with van der Waals surface area (Å²) in [5.74, 6) is 0.389. The SMILES string of the molecule is CC(=O)CC(=O)CC(C)C.[Fe]. The molecular formula is C8H14FeO2. The second-order valence-corrected chi connectivity index (χ2v) is 3.02. The van der Waals surface area contributed by atoms with Crippen LogP contribution in [0.15, 0.2) is 0 Å². The van der Waals surface area contributed by atoms with Gasteiger partial charge in [0.25, 0.3) is 0 Å². The molecular weight excluding hydrogens is 184 g/mol. The molecule has 0 rings (SSSR count). The third-order valence-corrected chi connectivity index (χ3v) is 1.08. The first kappa shape index (κ1) is 13.4. The molecule has 0 unspecified atom stereocenters. The Morgan fingerprint density at radius 3 is 2.00 bits per heavy atom. The fourth-order valence-electron chi connectivity index (χ4n) is 0.805. The van der Waals surface area contributed by atoms with Crippen LogP contribution in [0.5, 0.6) is 0 Å². The van der Waals surface area contributed by atoms with Crippen LogP contribution < -0.4 is 0 Å². The number of hydrogen-bond donors (Lipinski definition) is 0. The number of carbonyl (C=O) groups is 2. The van der Waals surface area contributed by atoms with Crippen LogP contribution in [0.3, 0.4) is 0 Å². The van der Waals surface area contributed by atoms with Crippen LogP contribution >= 0.6 is 0 Å². The average Bonchev–Trinajstić information content (AvgIpc) is 1.58. The van der Waals surface area contributed by atoms with Crippen LogP contribution in [0.4, 0.5) is 0 Å². The maximum absolute atomic E-state index is 10.8. The van der Waals surface area contributed by atoms with E-state index >= 15 is 0 Å². The molecule has 0 N–H and O–H groups in total. The van der Waals surface area contributed by atoms with E-state index in [0.29, 0.717) is 12.3 Å². The minimum absolute atomic E-state index is 0. The number of hydrogen-bond acceptors (Lipinski definition) is 2. The summed E-state index contributed by atoms with van der Waals surface area (Å²) in [5.41, 5.74) is 0. The quantitative estimate of drug-likeness (QED) is 0.507. The van der Waals surface area contributed by atoms with Crippen LogP contribution in [0.25, 0.3) is 0 Å². The monoisotopic (exact) mass is 198 g/mol. The molecule has 11 heavy (non-hydrogen) atoms. The molecule has 66 valence electrons. The molecule has 0 heterocycles. The molecule has 3 heteroatoms. The van der Waals surface area contributed by atoms with Gasteiger partial charge < -0.3 is 0 Å². The van der Waals surface area contributed by atoms with E-state index in [4.69, 9.17) is 0 Å². The smallest absolute Gasteiger partial charge is 0.140 e. The molecule has 0 aliphatic heterocycles.